The first kappa shape index (κ1) is 26.9. The number of hydrogen-bond acceptors (Lipinski definition) is 8. The van der Waals surface area contributed by atoms with Gasteiger partial charge in [-0.15, -0.1) is 11.3 Å². The quantitative estimate of drug-likeness (QED) is 0.208. The van der Waals surface area contributed by atoms with E-state index < -0.39 is 18.0 Å². The van der Waals surface area contributed by atoms with E-state index in [0.717, 1.165) is 36.1 Å². The highest BCUT2D eigenvalue weighted by atomic mass is 32.1. The van der Waals surface area contributed by atoms with Gasteiger partial charge in [0.25, 0.3) is 11.8 Å². The van der Waals surface area contributed by atoms with Crippen molar-refractivity contribution in [3.05, 3.63) is 75.7 Å². The van der Waals surface area contributed by atoms with Gasteiger partial charge < -0.3 is 19.9 Å². The Hall–Kier alpha value is -4.18. The SMILES string of the molecule is CCOC(=O)c1c(NC(=O)c2ccc(O[C@@H](C)C(=O)N/N=C/c3ccc(O)cc3)cc2)sc2c1CCCC2. The molecule has 1 atom stereocenters. The molecule has 0 unspecified atom stereocenters. The average Bonchev–Trinajstić information content (AvgIpc) is 3.28. The van der Waals surface area contributed by atoms with Crippen LogP contribution in [-0.2, 0) is 22.4 Å². The van der Waals surface area contributed by atoms with Crippen LogP contribution < -0.4 is 15.5 Å². The van der Waals surface area contributed by atoms with Gasteiger partial charge in [-0.05, 0) is 99.2 Å². The first-order valence-electron chi connectivity index (χ1n) is 12.4. The standard InChI is InChI=1S/C28H29N3O6S/c1-3-36-28(35)24-22-6-4-5-7-23(22)38-27(24)30-26(34)19-10-14-21(15-11-19)37-17(2)25(33)31-29-16-18-8-12-20(32)13-9-18/h8-17,32H,3-7H2,1-2H3,(H,30,34)(H,31,33)/b29-16+/t17-/m0/s1. The zero-order valence-corrected chi connectivity index (χ0v) is 22.0. The van der Waals surface area contributed by atoms with Gasteiger partial charge in [0.05, 0.1) is 18.4 Å². The number of benzene rings is 2. The van der Waals surface area contributed by atoms with Gasteiger partial charge in [-0.2, -0.15) is 5.10 Å². The molecule has 2 amide bonds. The van der Waals surface area contributed by atoms with Crippen LogP contribution in [0.25, 0.3) is 0 Å². The van der Waals surface area contributed by atoms with E-state index in [-0.39, 0.29) is 18.3 Å². The Labute approximate surface area is 224 Å². The lowest BCUT2D eigenvalue weighted by Crippen LogP contribution is -2.33. The molecule has 0 saturated carbocycles. The molecule has 38 heavy (non-hydrogen) atoms. The van der Waals surface area contributed by atoms with E-state index in [1.165, 1.54) is 29.7 Å². The van der Waals surface area contributed by atoms with Gasteiger partial charge in [0, 0.05) is 10.4 Å². The van der Waals surface area contributed by atoms with E-state index in [0.29, 0.717) is 27.4 Å². The summed E-state index contributed by atoms with van der Waals surface area (Å²) in [4.78, 5) is 39.0. The third kappa shape index (κ3) is 6.57. The normalized spacial score (nSPS) is 13.4. The number of hydrogen-bond donors (Lipinski definition) is 3. The van der Waals surface area contributed by atoms with Crippen molar-refractivity contribution in [3.63, 3.8) is 0 Å². The van der Waals surface area contributed by atoms with Crippen LogP contribution in [-0.4, -0.2) is 41.8 Å². The summed E-state index contributed by atoms with van der Waals surface area (Å²) < 4.78 is 10.9. The molecule has 3 aromatic rings. The van der Waals surface area contributed by atoms with E-state index in [4.69, 9.17) is 9.47 Å². The van der Waals surface area contributed by atoms with Crippen LogP contribution in [0.5, 0.6) is 11.5 Å². The summed E-state index contributed by atoms with van der Waals surface area (Å²) in [6.45, 7) is 3.61. The summed E-state index contributed by atoms with van der Waals surface area (Å²) in [5, 5.41) is 16.6. The molecule has 2 aromatic carbocycles. The summed E-state index contributed by atoms with van der Waals surface area (Å²) in [7, 11) is 0. The number of thiophene rings is 1. The van der Waals surface area contributed by atoms with Gasteiger partial charge >= 0.3 is 5.97 Å². The number of esters is 1. The summed E-state index contributed by atoms with van der Waals surface area (Å²) in [6, 6.07) is 12.7. The highest BCUT2D eigenvalue weighted by Crippen LogP contribution is 2.38. The number of nitrogens with zero attached hydrogens (tertiary/aromatic N) is 1. The molecule has 9 nitrogen and oxygen atoms in total. The molecule has 198 valence electrons. The lowest BCUT2D eigenvalue weighted by molar-refractivity contribution is -0.127. The number of ether oxygens (including phenoxy) is 2. The Morgan fingerprint density at radius 2 is 1.79 bits per heavy atom. The highest BCUT2D eigenvalue weighted by molar-refractivity contribution is 7.17. The Morgan fingerprint density at radius 1 is 1.08 bits per heavy atom. The predicted octanol–water partition coefficient (Wildman–Crippen LogP) is 4.68. The number of carbonyl (C=O) groups is 3. The van der Waals surface area contributed by atoms with Gasteiger partial charge in [0.15, 0.2) is 6.10 Å². The van der Waals surface area contributed by atoms with Gasteiger partial charge in [-0.25, -0.2) is 10.2 Å². The minimum absolute atomic E-state index is 0.142. The second-order valence-corrected chi connectivity index (χ2v) is 9.81. The maximum Gasteiger partial charge on any atom is 0.341 e. The average molecular weight is 536 g/mol. The minimum Gasteiger partial charge on any atom is -0.508 e. The van der Waals surface area contributed by atoms with Crippen LogP contribution in [0.3, 0.4) is 0 Å². The number of aryl methyl sites for hydroxylation is 1. The Kier molecular flexibility index (Phi) is 8.75. The largest absolute Gasteiger partial charge is 0.508 e. The van der Waals surface area contributed by atoms with Crippen LogP contribution in [0.15, 0.2) is 53.6 Å². The van der Waals surface area contributed by atoms with Crippen molar-refractivity contribution < 1.29 is 29.0 Å². The van der Waals surface area contributed by atoms with Crippen molar-refractivity contribution in [2.45, 2.75) is 45.6 Å². The molecule has 1 aromatic heterocycles. The van der Waals surface area contributed by atoms with Gasteiger partial charge in [0.2, 0.25) is 0 Å². The number of rotatable bonds is 9. The van der Waals surface area contributed by atoms with Crippen molar-refractivity contribution in [1.82, 2.24) is 5.43 Å². The van der Waals surface area contributed by atoms with E-state index in [2.05, 4.69) is 15.8 Å². The lowest BCUT2D eigenvalue weighted by Gasteiger charge is -2.13. The van der Waals surface area contributed by atoms with Gasteiger partial charge in [-0.3, -0.25) is 9.59 Å². The molecule has 10 heteroatoms. The molecule has 1 heterocycles. The molecule has 1 aliphatic rings. The number of amides is 2. The maximum absolute atomic E-state index is 13.0. The second kappa shape index (κ2) is 12.4. The highest BCUT2D eigenvalue weighted by Gasteiger charge is 2.27. The summed E-state index contributed by atoms with van der Waals surface area (Å²) in [6.07, 6.45) is 4.38. The molecule has 4 rings (SSSR count). The number of aromatic hydroxyl groups is 1. The monoisotopic (exact) mass is 535 g/mol. The Bertz CT molecular complexity index is 1330. The summed E-state index contributed by atoms with van der Waals surface area (Å²) >= 11 is 1.43. The number of fused-ring (bicyclic) bond motifs is 1. The Balaban J connectivity index is 1.36. The minimum atomic E-state index is -0.837. The first-order valence-corrected chi connectivity index (χ1v) is 13.2. The number of hydrazone groups is 1. The number of anilines is 1. The predicted molar refractivity (Wildman–Crippen MR) is 145 cm³/mol. The molecule has 3 N–H and O–H groups in total. The van der Waals surface area contributed by atoms with Crippen molar-refractivity contribution in [2.75, 3.05) is 11.9 Å². The maximum atomic E-state index is 13.0. The van der Waals surface area contributed by atoms with Crippen LogP contribution in [0.2, 0.25) is 0 Å². The molecule has 0 saturated heterocycles. The van der Waals surface area contributed by atoms with Gasteiger partial charge in [-0.1, -0.05) is 0 Å². The van der Waals surface area contributed by atoms with Crippen molar-refractivity contribution in [3.8, 4) is 11.5 Å². The van der Waals surface area contributed by atoms with Gasteiger partial charge in [0.1, 0.15) is 16.5 Å². The molecule has 0 spiro atoms. The molecular formula is C28H29N3O6S. The van der Waals surface area contributed by atoms with E-state index >= 15 is 0 Å². The zero-order chi connectivity index (χ0) is 27.1. The fourth-order valence-corrected chi connectivity index (χ4v) is 5.29. The van der Waals surface area contributed by atoms with Crippen LogP contribution in [0, 0.1) is 0 Å². The summed E-state index contributed by atoms with van der Waals surface area (Å²) in [5.74, 6) is -0.662. The topological polar surface area (TPSA) is 126 Å². The number of phenolic OH excluding ortho intramolecular Hbond substituents is 1. The third-order valence-corrected chi connectivity index (χ3v) is 7.17. The fraction of sp³-hybridized carbons (Fsp3) is 0.286. The first-order chi connectivity index (χ1) is 18.4. The second-order valence-electron chi connectivity index (χ2n) is 8.70. The molecule has 0 radical (unpaired) electrons. The number of phenols is 1. The van der Waals surface area contributed by atoms with Crippen LogP contribution in [0.1, 0.15) is 63.4 Å². The summed E-state index contributed by atoms with van der Waals surface area (Å²) in [5.41, 5.74) is 4.95. The van der Waals surface area contributed by atoms with E-state index in [1.54, 1.807) is 50.2 Å². The fourth-order valence-electron chi connectivity index (χ4n) is 4.01. The smallest absolute Gasteiger partial charge is 0.341 e. The third-order valence-electron chi connectivity index (χ3n) is 5.96. The van der Waals surface area contributed by atoms with Crippen LogP contribution in [0.4, 0.5) is 5.00 Å². The molecule has 0 fully saturated rings. The van der Waals surface area contributed by atoms with E-state index in [1.807, 2.05) is 0 Å². The van der Waals surface area contributed by atoms with E-state index in [9.17, 15) is 19.5 Å². The molecule has 0 aliphatic heterocycles. The van der Waals surface area contributed by atoms with Crippen LogP contribution >= 0.6 is 11.3 Å². The number of nitrogens with one attached hydrogen (secondary N) is 2. The Morgan fingerprint density at radius 3 is 2.50 bits per heavy atom. The molecular weight excluding hydrogens is 506 g/mol. The van der Waals surface area contributed by atoms with Crippen molar-refractivity contribution >= 4 is 40.3 Å². The molecule has 0 bridgehead atoms. The zero-order valence-electron chi connectivity index (χ0n) is 21.2. The van der Waals surface area contributed by atoms with Crippen molar-refractivity contribution in [2.24, 2.45) is 5.10 Å². The lowest BCUT2D eigenvalue weighted by atomic mass is 9.95. The molecule has 1 aliphatic carbocycles. The van der Waals surface area contributed by atoms with Crippen molar-refractivity contribution in [1.29, 1.82) is 0 Å². The number of carbonyl (C=O) groups excluding carboxylic acids is 3.